The van der Waals surface area contributed by atoms with Gasteiger partial charge in [0.1, 0.15) is 0 Å². The molecule has 6 heteroatoms. The fourth-order valence-electron chi connectivity index (χ4n) is 3.34. The maximum absolute atomic E-state index is 12.8. The first-order valence-electron chi connectivity index (χ1n) is 9.19. The highest BCUT2D eigenvalue weighted by molar-refractivity contribution is 7.99. The summed E-state index contributed by atoms with van der Waals surface area (Å²) >= 11 is 1.73. The number of carbonyl (C=O) groups is 1. The van der Waals surface area contributed by atoms with Crippen molar-refractivity contribution in [2.45, 2.75) is 37.7 Å². The molecule has 26 heavy (non-hydrogen) atoms. The summed E-state index contributed by atoms with van der Waals surface area (Å²) in [5.41, 5.74) is 1.33. The zero-order valence-electron chi connectivity index (χ0n) is 16.1. The SMILES string of the molecule is COCC1(CNC(=O)C(SCc2ccccc2)C(C)C)CCNCC1.Cl. The summed E-state index contributed by atoms with van der Waals surface area (Å²) in [4.78, 5) is 12.8. The molecule has 0 radical (unpaired) electrons. The zero-order chi connectivity index (χ0) is 18.1. The fraction of sp³-hybridized carbons (Fsp3) is 0.650. The summed E-state index contributed by atoms with van der Waals surface area (Å²) in [5, 5.41) is 6.59. The van der Waals surface area contributed by atoms with E-state index in [9.17, 15) is 4.79 Å². The topological polar surface area (TPSA) is 50.4 Å². The number of rotatable bonds is 9. The fourth-order valence-corrected chi connectivity index (χ4v) is 4.53. The maximum atomic E-state index is 12.8. The third-order valence-electron chi connectivity index (χ3n) is 4.89. The minimum Gasteiger partial charge on any atom is -0.384 e. The molecule has 1 unspecified atom stereocenters. The van der Waals surface area contributed by atoms with Crippen molar-refractivity contribution in [2.75, 3.05) is 33.4 Å². The Bertz CT molecular complexity index is 516. The van der Waals surface area contributed by atoms with E-state index in [1.165, 1.54) is 5.56 Å². The van der Waals surface area contributed by atoms with Gasteiger partial charge in [-0.3, -0.25) is 4.79 Å². The molecule has 1 amide bonds. The molecule has 2 N–H and O–H groups in total. The third kappa shape index (κ3) is 7.10. The van der Waals surface area contributed by atoms with Gasteiger partial charge in [0.15, 0.2) is 0 Å². The molecule has 1 atom stereocenters. The first kappa shape index (κ1) is 23.3. The number of hydrogen-bond acceptors (Lipinski definition) is 4. The highest BCUT2D eigenvalue weighted by Crippen LogP contribution is 2.29. The second-order valence-electron chi connectivity index (χ2n) is 7.36. The lowest BCUT2D eigenvalue weighted by Crippen LogP contribution is -2.49. The van der Waals surface area contributed by atoms with Crippen LogP contribution in [0.15, 0.2) is 30.3 Å². The zero-order valence-corrected chi connectivity index (χ0v) is 17.8. The average molecular weight is 401 g/mol. The molecule has 1 aliphatic rings. The van der Waals surface area contributed by atoms with Crippen LogP contribution in [0.2, 0.25) is 0 Å². The van der Waals surface area contributed by atoms with E-state index >= 15 is 0 Å². The van der Waals surface area contributed by atoms with Crippen LogP contribution < -0.4 is 10.6 Å². The number of hydrogen-bond donors (Lipinski definition) is 2. The van der Waals surface area contributed by atoms with Crippen molar-refractivity contribution < 1.29 is 9.53 Å². The minimum absolute atomic E-state index is 0. The number of methoxy groups -OCH3 is 1. The van der Waals surface area contributed by atoms with Crippen molar-refractivity contribution >= 4 is 30.1 Å². The first-order chi connectivity index (χ1) is 12.1. The van der Waals surface area contributed by atoms with Gasteiger partial charge < -0.3 is 15.4 Å². The molecule has 1 fully saturated rings. The molecule has 2 rings (SSSR count). The van der Waals surface area contributed by atoms with E-state index in [-0.39, 0.29) is 29.0 Å². The Labute approximate surface area is 168 Å². The van der Waals surface area contributed by atoms with Crippen LogP contribution in [0.3, 0.4) is 0 Å². The minimum atomic E-state index is -0.0264. The van der Waals surface area contributed by atoms with Gasteiger partial charge in [0, 0.05) is 24.8 Å². The lowest BCUT2D eigenvalue weighted by atomic mass is 9.79. The van der Waals surface area contributed by atoms with Gasteiger partial charge in [0.25, 0.3) is 0 Å². The van der Waals surface area contributed by atoms with Crippen molar-refractivity contribution in [1.82, 2.24) is 10.6 Å². The number of carbonyl (C=O) groups excluding carboxylic acids is 1. The van der Waals surface area contributed by atoms with Crippen LogP contribution >= 0.6 is 24.2 Å². The standard InChI is InChI=1S/C20H32N2O2S.ClH/c1-16(2)18(25-13-17-7-5-4-6-8-17)19(23)22-14-20(15-24-3)9-11-21-12-10-20;/h4-8,16,18,21H,9-15H2,1-3H3,(H,22,23);1H. The summed E-state index contributed by atoms with van der Waals surface area (Å²) in [6, 6.07) is 10.4. The molecular formula is C20H33ClN2O2S. The molecule has 1 aliphatic heterocycles. The van der Waals surface area contributed by atoms with Crippen LogP contribution in [0, 0.1) is 11.3 Å². The molecule has 4 nitrogen and oxygen atoms in total. The van der Waals surface area contributed by atoms with E-state index in [4.69, 9.17) is 4.74 Å². The lowest BCUT2D eigenvalue weighted by molar-refractivity contribution is -0.122. The van der Waals surface area contributed by atoms with E-state index in [1.54, 1.807) is 18.9 Å². The van der Waals surface area contributed by atoms with Gasteiger partial charge in [-0.25, -0.2) is 0 Å². The number of benzene rings is 1. The van der Waals surface area contributed by atoms with E-state index in [2.05, 4.69) is 36.6 Å². The summed E-state index contributed by atoms with van der Waals surface area (Å²) < 4.78 is 5.45. The van der Waals surface area contributed by atoms with Crippen LogP contribution in [-0.2, 0) is 15.3 Å². The summed E-state index contributed by atoms with van der Waals surface area (Å²) in [6.07, 6.45) is 2.09. The van der Waals surface area contributed by atoms with Gasteiger partial charge in [-0.15, -0.1) is 24.2 Å². The van der Waals surface area contributed by atoms with Crippen LogP contribution in [-0.4, -0.2) is 44.5 Å². The Morgan fingerprint density at radius 1 is 1.27 bits per heavy atom. The number of ether oxygens (including phenoxy) is 1. The van der Waals surface area contributed by atoms with Gasteiger partial charge in [-0.1, -0.05) is 44.2 Å². The van der Waals surface area contributed by atoms with Crippen molar-refractivity contribution in [1.29, 1.82) is 0 Å². The Morgan fingerprint density at radius 3 is 2.50 bits per heavy atom. The largest absolute Gasteiger partial charge is 0.384 e. The molecule has 1 aromatic carbocycles. The van der Waals surface area contributed by atoms with E-state index < -0.39 is 0 Å². The molecule has 0 aromatic heterocycles. The van der Waals surface area contributed by atoms with E-state index in [0.717, 1.165) is 31.7 Å². The van der Waals surface area contributed by atoms with Gasteiger partial charge in [0.05, 0.1) is 11.9 Å². The Kier molecular flexibility index (Phi) is 10.6. The molecule has 0 spiro atoms. The van der Waals surface area contributed by atoms with Crippen LogP contribution in [0.25, 0.3) is 0 Å². The predicted octanol–water partition coefficient (Wildman–Crippen LogP) is 3.50. The van der Waals surface area contributed by atoms with Gasteiger partial charge >= 0.3 is 0 Å². The molecule has 1 saturated heterocycles. The Hall–Kier alpha value is -0.750. The first-order valence-corrected chi connectivity index (χ1v) is 10.2. The smallest absolute Gasteiger partial charge is 0.233 e. The maximum Gasteiger partial charge on any atom is 0.233 e. The summed E-state index contributed by atoms with van der Waals surface area (Å²) in [7, 11) is 1.75. The second-order valence-corrected chi connectivity index (χ2v) is 8.49. The van der Waals surface area contributed by atoms with Crippen LogP contribution in [0.1, 0.15) is 32.3 Å². The Morgan fingerprint density at radius 2 is 1.92 bits per heavy atom. The molecule has 0 saturated carbocycles. The number of thioether (sulfide) groups is 1. The highest BCUT2D eigenvalue weighted by atomic mass is 35.5. The quantitative estimate of drug-likeness (QED) is 0.666. The van der Waals surface area contributed by atoms with Crippen molar-refractivity contribution in [3.05, 3.63) is 35.9 Å². The predicted molar refractivity (Wildman–Crippen MR) is 113 cm³/mol. The average Bonchev–Trinajstić information content (AvgIpc) is 2.62. The normalized spacial score (nSPS) is 17.4. The number of halogens is 1. The van der Waals surface area contributed by atoms with Crippen LogP contribution in [0.4, 0.5) is 0 Å². The van der Waals surface area contributed by atoms with E-state index in [0.29, 0.717) is 19.1 Å². The van der Waals surface area contributed by atoms with Crippen LogP contribution in [0.5, 0.6) is 0 Å². The van der Waals surface area contributed by atoms with Gasteiger partial charge in [0.2, 0.25) is 5.91 Å². The lowest BCUT2D eigenvalue weighted by Gasteiger charge is -2.37. The molecule has 0 bridgehead atoms. The number of piperidine rings is 1. The second kappa shape index (κ2) is 11.9. The molecule has 148 valence electrons. The van der Waals surface area contributed by atoms with Crippen molar-refractivity contribution in [3.8, 4) is 0 Å². The third-order valence-corrected chi connectivity index (χ3v) is 6.51. The molecular weight excluding hydrogens is 368 g/mol. The van der Waals surface area contributed by atoms with Gasteiger partial charge in [-0.05, 0) is 37.4 Å². The molecule has 0 aliphatic carbocycles. The number of amides is 1. The highest BCUT2D eigenvalue weighted by Gasteiger charge is 2.33. The number of nitrogens with one attached hydrogen (secondary N) is 2. The van der Waals surface area contributed by atoms with Gasteiger partial charge in [-0.2, -0.15) is 0 Å². The van der Waals surface area contributed by atoms with Crippen molar-refractivity contribution in [3.63, 3.8) is 0 Å². The monoisotopic (exact) mass is 400 g/mol. The van der Waals surface area contributed by atoms with E-state index in [1.807, 2.05) is 18.2 Å². The summed E-state index contributed by atoms with van der Waals surface area (Å²) in [6.45, 7) is 7.65. The molecule has 1 heterocycles. The molecule has 1 aromatic rings. The van der Waals surface area contributed by atoms with Crippen molar-refractivity contribution in [2.24, 2.45) is 11.3 Å². The summed E-state index contributed by atoms with van der Waals surface area (Å²) in [5.74, 6) is 1.33. The Balaban J connectivity index is 0.00000338.